The zero-order chi connectivity index (χ0) is 11.7. The van der Waals surface area contributed by atoms with Gasteiger partial charge in [0.1, 0.15) is 17.4 Å². The number of aromatic nitrogens is 2. The van der Waals surface area contributed by atoms with E-state index < -0.39 is 12.0 Å². The van der Waals surface area contributed by atoms with Gasteiger partial charge in [-0.3, -0.25) is 9.89 Å². The fraction of sp³-hybridized carbons (Fsp3) is 0.444. The van der Waals surface area contributed by atoms with E-state index in [0.29, 0.717) is 19.4 Å². The van der Waals surface area contributed by atoms with Crippen molar-refractivity contribution in [3.05, 3.63) is 11.8 Å². The average molecular weight is 224 g/mol. The molecular weight excluding hydrogens is 212 g/mol. The second kappa shape index (κ2) is 3.84. The summed E-state index contributed by atoms with van der Waals surface area (Å²) in [5.41, 5.74) is 5.75. The fourth-order valence-electron chi connectivity index (χ4n) is 1.89. The number of carboxylic acids is 1. The second-order valence-corrected chi connectivity index (χ2v) is 3.69. The molecule has 1 fully saturated rings. The monoisotopic (exact) mass is 224 g/mol. The van der Waals surface area contributed by atoms with Gasteiger partial charge in [-0.2, -0.15) is 5.10 Å². The van der Waals surface area contributed by atoms with Crippen LogP contribution in [0.5, 0.6) is 0 Å². The SMILES string of the molecule is Nc1[nH]ncc1C(=O)N1CCCC1C(=O)O. The number of carbonyl (C=O) groups excluding carboxylic acids is 1. The molecule has 4 N–H and O–H groups in total. The summed E-state index contributed by atoms with van der Waals surface area (Å²) < 4.78 is 0. The number of nitrogens with two attached hydrogens (primary N) is 1. The number of likely N-dealkylation sites (tertiary alicyclic amines) is 1. The van der Waals surface area contributed by atoms with Crippen LogP contribution in [0.25, 0.3) is 0 Å². The molecule has 1 aromatic heterocycles. The van der Waals surface area contributed by atoms with Crippen molar-refractivity contribution in [2.24, 2.45) is 0 Å². The van der Waals surface area contributed by atoms with E-state index in [-0.39, 0.29) is 17.3 Å². The van der Waals surface area contributed by atoms with Gasteiger partial charge in [-0.25, -0.2) is 4.79 Å². The lowest BCUT2D eigenvalue weighted by Crippen LogP contribution is -2.40. The van der Waals surface area contributed by atoms with Crippen molar-refractivity contribution < 1.29 is 14.7 Å². The summed E-state index contributed by atoms with van der Waals surface area (Å²) in [5, 5.41) is 15.0. The lowest BCUT2D eigenvalue weighted by atomic mass is 10.2. The Hall–Kier alpha value is -2.05. The van der Waals surface area contributed by atoms with Gasteiger partial charge >= 0.3 is 5.97 Å². The van der Waals surface area contributed by atoms with Crippen LogP contribution in [0, 0.1) is 0 Å². The predicted octanol–water partition coefficient (Wildman–Crippen LogP) is -0.319. The third-order valence-corrected chi connectivity index (χ3v) is 2.70. The normalized spacial score (nSPS) is 20.0. The van der Waals surface area contributed by atoms with Crippen LogP contribution in [-0.2, 0) is 4.79 Å². The van der Waals surface area contributed by atoms with Crippen molar-refractivity contribution in [3.63, 3.8) is 0 Å². The quantitative estimate of drug-likeness (QED) is 0.637. The number of aromatic amines is 1. The number of nitrogens with zero attached hydrogens (tertiary/aromatic N) is 2. The summed E-state index contributed by atoms with van der Waals surface area (Å²) in [6.07, 6.45) is 2.49. The van der Waals surface area contributed by atoms with Crippen molar-refractivity contribution in [2.75, 3.05) is 12.3 Å². The number of rotatable bonds is 2. The van der Waals surface area contributed by atoms with Crippen molar-refractivity contribution in [3.8, 4) is 0 Å². The minimum Gasteiger partial charge on any atom is -0.480 e. The summed E-state index contributed by atoms with van der Waals surface area (Å²) in [5.74, 6) is -1.19. The zero-order valence-electron chi connectivity index (χ0n) is 8.51. The van der Waals surface area contributed by atoms with E-state index in [2.05, 4.69) is 10.2 Å². The molecule has 1 atom stereocenters. The molecule has 1 amide bonds. The predicted molar refractivity (Wildman–Crippen MR) is 54.7 cm³/mol. The highest BCUT2D eigenvalue weighted by atomic mass is 16.4. The maximum Gasteiger partial charge on any atom is 0.326 e. The molecule has 2 rings (SSSR count). The summed E-state index contributed by atoms with van der Waals surface area (Å²) in [6.45, 7) is 0.445. The van der Waals surface area contributed by atoms with E-state index in [1.807, 2.05) is 0 Å². The van der Waals surface area contributed by atoms with Crippen LogP contribution in [0.2, 0.25) is 0 Å². The molecule has 1 saturated heterocycles. The Morgan fingerprint density at radius 2 is 2.38 bits per heavy atom. The second-order valence-electron chi connectivity index (χ2n) is 3.69. The van der Waals surface area contributed by atoms with Crippen LogP contribution in [0.1, 0.15) is 23.2 Å². The summed E-state index contributed by atoms with van der Waals surface area (Å²) in [6, 6.07) is -0.748. The number of amides is 1. The Morgan fingerprint density at radius 1 is 1.62 bits per heavy atom. The van der Waals surface area contributed by atoms with Gasteiger partial charge < -0.3 is 15.7 Å². The van der Waals surface area contributed by atoms with Gasteiger partial charge in [-0.1, -0.05) is 0 Å². The van der Waals surface area contributed by atoms with Crippen LogP contribution in [0.15, 0.2) is 6.20 Å². The van der Waals surface area contributed by atoms with Crippen LogP contribution < -0.4 is 5.73 Å². The first kappa shape index (κ1) is 10.5. The molecule has 1 aromatic rings. The summed E-state index contributed by atoms with van der Waals surface area (Å²) in [7, 11) is 0. The third kappa shape index (κ3) is 1.60. The molecule has 7 nitrogen and oxygen atoms in total. The smallest absolute Gasteiger partial charge is 0.326 e. The molecule has 0 aromatic carbocycles. The summed E-state index contributed by atoms with van der Waals surface area (Å²) in [4.78, 5) is 24.2. The molecule has 7 heteroatoms. The van der Waals surface area contributed by atoms with E-state index in [9.17, 15) is 9.59 Å². The van der Waals surface area contributed by atoms with Gasteiger partial charge in [0.15, 0.2) is 0 Å². The molecule has 0 aliphatic carbocycles. The number of nitrogens with one attached hydrogen (secondary N) is 1. The van der Waals surface area contributed by atoms with Crippen molar-refractivity contribution in [1.29, 1.82) is 0 Å². The maximum absolute atomic E-state index is 12.0. The molecule has 1 aliphatic rings. The highest BCUT2D eigenvalue weighted by molar-refractivity contribution is 6.00. The van der Waals surface area contributed by atoms with Gasteiger partial charge in [0.25, 0.3) is 5.91 Å². The summed E-state index contributed by atoms with van der Waals surface area (Å²) >= 11 is 0. The fourth-order valence-corrected chi connectivity index (χ4v) is 1.89. The standard InChI is InChI=1S/C9H12N4O3/c10-7-5(4-11-12-7)8(14)13-3-1-2-6(13)9(15)16/h4,6H,1-3H2,(H,15,16)(H3,10,11,12). The van der Waals surface area contributed by atoms with E-state index in [1.54, 1.807) is 0 Å². The van der Waals surface area contributed by atoms with Crippen molar-refractivity contribution in [1.82, 2.24) is 15.1 Å². The van der Waals surface area contributed by atoms with Gasteiger partial charge in [-0.15, -0.1) is 0 Å². The molecule has 16 heavy (non-hydrogen) atoms. The first-order valence-corrected chi connectivity index (χ1v) is 4.94. The highest BCUT2D eigenvalue weighted by Crippen LogP contribution is 2.21. The Balaban J connectivity index is 2.22. The van der Waals surface area contributed by atoms with E-state index in [1.165, 1.54) is 11.1 Å². The number of aliphatic carboxylic acids is 1. The third-order valence-electron chi connectivity index (χ3n) is 2.70. The molecule has 0 radical (unpaired) electrons. The Morgan fingerprint density at radius 3 is 2.94 bits per heavy atom. The minimum atomic E-state index is -0.979. The number of carbonyl (C=O) groups is 2. The first-order chi connectivity index (χ1) is 7.61. The number of anilines is 1. The van der Waals surface area contributed by atoms with E-state index in [0.717, 1.165) is 0 Å². The Bertz CT molecular complexity index is 428. The number of H-pyrrole nitrogens is 1. The lowest BCUT2D eigenvalue weighted by Gasteiger charge is -2.20. The van der Waals surface area contributed by atoms with Crippen molar-refractivity contribution in [2.45, 2.75) is 18.9 Å². The number of hydrogen-bond donors (Lipinski definition) is 3. The number of nitrogen functional groups attached to an aromatic ring is 1. The van der Waals surface area contributed by atoms with E-state index >= 15 is 0 Å². The van der Waals surface area contributed by atoms with Crippen molar-refractivity contribution >= 4 is 17.7 Å². The van der Waals surface area contributed by atoms with Crippen LogP contribution in [0.3, 0.4) is 0 Å². The first-order valence-electron chi connectivity index (χ1n) is 4.94. The minimum absolute atomic E-state index is 0.168. The number of hydrogen-bond acceptors (Lipinski definition) is 4. The molecule has 0 spiro atoms. The van der Waals surface area contributed by atoms with Gasteiger partial charge in [0.2, 0.25) is 0 Å². The van der Waals surface area contributed by atoms with Gasteiger partial charge in [0.05, 0.1) is 6.20 Å². The van der Waals surface area contributed by atoms with Crippen LogP contribution in [-0.4, -0.2) is 44.7 Å². The largest absolute Gasteiger partial charge is 0.480 e. The zero-order valence-corrected chi connectivity index (χ0v) is 8.51. The van der Waals surface area contributed by atoms with Gasteiger partial charge in [-0.05, 0) is 12.8 Å². The highest BCUT2D eigenvalue weighted by Gasteiger charge is 2.35. The average Bonchev–Trinajstić information content (AvgIpc) is 2.84. The molecule has 86 valence electrons. The molecule has 0 bridgehead atoms. The topological polar surface area (TPSA) is 112 Å². The maximum atomic E-state index is 12.0. The molecule has 1 unspecified atom stereocenters. The molecule has 0 saturated carbocycles. The molecule has 1 aliphatic heterocycles. The van der Waals surface area contributed by atoms with E-state index in [4.69, 9.17) is 10.8 Å². The number of carboxylic acid groups (broad SMARTS) is 1. The Kier molecular flexibility index (Phi) is 2.51. The van der Waals surface area contributed by atoms with Crippen LogP contribution >= 0.6 is 0 Å². The Labute approximate surface area is 91.2 Å². The molecular formula is C9H12N4O3. The molecule has 2 heterocycles. The lowest BCUT2D eigenvalue weighted by molar-refractivity contribution is -0.141. The van der Waals surface area contributed by atoms with Crippen LogP contribution in [0.4, 0.5) is 5.82 Å². The van der Waals surface area contributed by atoms with Gasteiger partial charge in [0, 0.05) is 6.54 Å².